The number of hydrogen-bond acceptors (Lipinski definition) is 4. The molecule has 1 aliphatic heterocycles. The summed E-state index contributed by atoms with van der Waals surface area (Å²) in [6.45, 7) is -0.260. The van der Waals surface area contributed by atoms with Crippen LogP contribution in [0.4, 0.5) is 22.4 Å². The van der Waals surface area contributed by atoms with Crippen molar-refractivity contribution in [1.82, 2.24) is 24.8 Å². The minimum Gasteiger partial charge on any atom is -0.382 e. The lowest BCUT2D eigenvalue weighted by atomic mass is 9.43. The van der Waals surface area contributed by atoms with Crippen LogP contribution in [-0.4, -0.2) is 93.2 Å². The van der Waals surface area contributed by atoms with E-state index in [0.717, 1.165) is 0 Å². The number of urea groups is 1. The number of nitrogens with zero attached hydrogens (tertiary/aromatic N) is 4. The summed E-state index contributed by atoms with van der Waals surface area (Å²) in [5, 5.41) is 0.0378. The zero-order chi connectivity index (χ0) is 25.8. The predicted octanol–water partition coefficient (Wildman–Crippen LogP) is 1.43. The number of carbonyl (C=O) groups excluding carboxylic acids is 1. The smallest absolute Gasteiger partial charge is 0.316 e. The van der Waals surface area contributed by atoms with Gasteiger partial charge in [0, 0.05) is 36.2 Å². The Morgan fingerprint density at radius 1 is 1.20 bits per heavy atom. The van der Waals surface area contributed by atoms with Crippen LogP contribution in [0.1, 0.15) is 43.0 Å². The van der Waals surface area contributed by atoms with Gasteiger partial charge < -0.3 is 15.0 Å². The molecule has 0 unspecified atom stereocenters. The Labute approximate surface area is 205 Å². The van der Waals surface area contributed by atoms with Gasteiger partial charge in [0.15, 0.2) is 5.65 Å². The van der Waals surface area contributed by atoms with E-state index in [-0.39, 0.29) is 30.9 Å². The number of imidazole rings is 1. The molecule has 1 saturated heterocycles. The van der Waals surface area contributed by atoms with E-state index in [1.807, 2.05) is 5.32 Å². The quantitative estimate of drug-likeness (QED) is 0.500. The summed E-state index contributed by atoms with van der Waals surface area (Å²) in [6.07, 6.45) is 4.01. The van der Waals surface area contributed by atoms with Gasteiger partial charge in [0.2, 0.25) is 5.92 Å². The summed E-state index contributed by atoms with van der Waals surface area (Å²) in [5.74, 6) is -6.69. The van der Waals surface area contributed by atoms with Crippen molar-refractivity contribution in [3.8, 4) is 0 Å². The topological polar surface area (TPSA) is 71.8 Å². The van der Waals surface area contributed by atoms with Crippen molar-refractivity contribution >= 4 is 43.1 Å². The molecule has 0 spiro atoms. The van der Waals surface area contributed by atoms with E-state index in [0.29, 0.717) is 35.5 Å². The van der Waals surface area contributed by atoms with Gasteiger partial charge in [-0.2, -0.15) is 5.10 Å². The molecule has 8 radical (unpaired) electrons. The molecule has 0 bridgehead atoms. The molecule has 35 heavy (non-hydrogen) atoms. The monoisotopic (exact) mass is 483 g/mol. The van der Waals surface area contributed by atoms with E-state index in [2.05, 4.69) is 10.1 Å². The Morgan fingerprint density at radius 3 is 2.49 bits per heavy atom. The lowest BCUT2D eigenvalue weighted by Crippen LogP contribution is -2.83. The molecule has 2 aromatic rings. The Hall–Kier alpha value is -2.17. The minimum atomic E-state index is -4.14. The van der Waals surface area contributed by atoms with Crippen molar-refractivity contribution in [3.63, 3.8) is 0 Å². The minimum absolute atomic E-state index is 0.0717. The maximum Gasteiger partial charge on any atom is 0.316 e. The molecule has 2 fully saturated rings. The Kier molecular flexibility index (Phi) is 6.47. The first kappa shape index (κ1) is 25.9. The van der Waals surface area contributed by atoms with Crippen LogP contribution in [0, 0.1) is 5.92 Å². The van der Waals surface area contributed by atoms with Gasteiger partial charge in [-0.25, -0.2) is 31.9 Å². The standard InChI is InChI=1S/C20H21B4F4N5O2/c1-35-10-14(33-16(34)31-19(21,22)18(27,28)20(33,23)24)12-7-15-30-13(9-32(15)29-8-12)6-11-2-4-17(25,26)5-3-11/h7-9,11,14H,2-6,10H2,1H3,(H,31,34)/t14-/m1/s1. The fourth-order valence-electron chi connectivity index (χ4n) is 4.66. The molecular weight excluding hydrogens is 461 g/mol. The van der Waals surface area contributed by atoms with Crippen LogP contribution >= 0.6 is 0 Å². The van der Waals surface area contributed by atoms with Gasteiger partial charge in [-0.05, 0) is 31.2 Å². The van der Waals surface area contributed by atoms with Crippen LogP contribution in [0.3, 0.4) is 0 Å². The number of halogens is 4. The number of nitrogens with one attached hydrogen (secondary N) is 1. The third-order valence-corrected chi connectivity index (χ3v) is 6.70. The number of aromatic nitrogens is 3. The van der Waals surface area contributed by atoms with Gasteiger partial charge in [-0.15, -0.1) is 0 Å². The van der Waals surface area contributed by atoms with Crippen LogP contribution < -0.4 is 5.32 Å². The predicted molar refractivity (Wildman–Crippen MR) is 122 cm³/mol. The van der Waals surface area contributed by atoms with Gasteiger partial charge in [0.05, 0.1) is 62.1 Å². The SMILES string of the molecule is [B]C1([B])NC(=O)N([C@H](COC)c2cnn3cc(CC4CCC(F)(F)CC4)nc3c2)C([B])([B])C1(F)F. The lowest BCUT2D eigenvalue weighted by Gasteiger charge is -2.58. The maximum absolute atomic E-state index is 15.0. The summed E-state index contributed by atoms with van der Waals surface area (Å²) in [6, 6.07) is -0.787. The second-order valence-electron chi connectivity index (χ2n) is 9.37. The molecule has 1 aliphatic carbocycles. The van der Waals surface area contributed by atoms with E-state index >= 15 is 0 Å². The molecule has 178 valence electrons. The highest BCUT2D eigenvalue weighted by Gasteiger charge is 2.64. The Balaban J connectivity index is 1.62. The first-order valence-electron chi connectivity index (χ1n) is 11.0. The third kappa shape index (κ3) is 4.56. The van der Waals surface area contributed by atoms with Gasteiger partial charge in [-0.3, -0.25) is 0 Å². The summed E-state index contributed by atoms with van der Waals surface area (Å²) < 4.78 is 63.4. The van der Waals surface area contributed by atoms with Crippen molar-refractivity contribution < 1.29 is 27.1 Å². The first-order valence-corrected chi connectivity index (χ1v) is 11.0. The van der Waals surface area contributed by atoms with Crippen LogP contribution in [0.2, 0.25) is 0 Å². The average Bonchev–Trinajstić information content (AvgIpc) is 3.15. The Bertz CT molecular complexity index is 1110. The number of rotatable bonds is 6. The van der Waals surface area contributed by atoms with E-state index < -0.39 is 34.6 Å². The molecule has 0 aromatic carbocycles. The first-order chi connectivity index (χ1) is 16.2. The molecular formula is C20H21B4F4N5O2. The summed E-state index contributed by atoms with van der Waals surface area (Å²) in [7, 11) is 23.6. The van der Waals surface area contributed by atoms with Crippen LogP contribution in [-0.2, 0) is 11.2 Å². The molecule has 2 aromatic heterocycles. The molecule has 1 atom stereocenters. The van der Waals surface area contributed by atoms with Crippen molar-refractivity contribution in [3.05, 3.63) is 29.7 Å². The fourth-order valence-corrected chi connectivity index (χ4v) is 4.66. The van der Waals surface area contributed by atoms with Gasteiger partial charge in [-0.1, -0.05) is 0 Å². The third-order valence-electron chi connectivity index (χ3n) is 6.70. The number of alkyl halides is 4. The zero-order valence-electron chi connectivity index (χ0n) is 19.1. The van der Waals surface area contributed by atoms with Crippen LogP contribution in [0.15, 0.2) is 18.5 Å². The summed E-state index contributed by atoms with van der Waals surface area (Å²) >= 11 is 0. The van der Waals surface area contributed by atoms with E-state index in [4.69, 9.17) is 36.1 Å². The second-order valence-corrected chi connectivity index (χ2v) is 9.37. The number of fused-ring (bicyclic) bond motifs is 1. The van der Waals surface area contributed by atoms with Gasteiger partial charge in [0.1, 0.15) is 0 Å². The number of carbonyl (C=O) groups is 1. The van der Waals surface area contributed by atoms with Crippen molar-refractivity contribution in [2.45, 2.75) is 60.7 Å². The second kappa shape index (κ2) is 8.74. The number of amides is 2. The molecule has 1 saturated carbocycles. The molecule has 7 nitrogen and oxygen atoms in total. The Morgan fingerprint density at radius 2 is 1.86 bits per heavy atom. The lowest BCUT2D eigenvalue weighted by molar-refractivity contribution is -0.108. The molecule has 4 rings (SSSR count). The van der Waals surface area contributed by atoms with Crippen molar-refractivity contribution in [1.29, 1.82) is 0 Å². The van der Waals surface area contributed by atoms with Gasteiger partial charge in [0.25, 0.3) is 5.92 Å². The number of methoxy groups -OCH3 is 1. The van der Waals surface area contributed by atoms with Crippen LogP contribution in [0.25, 0.3) is 5.65 Å². The van der Waals surface area contributed by atoms with Gasteiger partial charge >= 0.3 is 6.03 Å². The molecule has 2 aliphatic rings. The number of ether oxygens (including phenoxy) is 1. The highest BCUT2D eigenvalue weighted by molar-refractivity contribution is 6.48. The molecule has 3 heterocycles. The zero-order valence-corrected chi connectivity index (χ0v) is 19.1. The normalized spacial score (nSPS) is 24.3. The molecule has 15 heteroatoms. The van der Waals surface area contributed by atoms with E-state index in [9.17, 15) is 22.4 Å². The highest BCUT2D eigenvalue weighted by Crippen LogP contribution is 2.43. The number of hydrogen-bond donors (Lipinski definition) is 1. The van der Waals surface area contributed by atoms with Crippen molar-refractivity contribution in [2.24, 2.45) is 5.92 Å². The average molecular weight is 483 g/mol. The molecule has 1 N–H and O–H groups in total. The van der Waals surface area contributed by atoms with E-state index in [1.165, 1.54) is 23.9 Å². The van der Waals surface area contributed by atoms with E-state index in [1.54, 1.807) is 6.20 Å². The maximum atomic E-state index is 15.0. The highest BCUT2D eigenvalue weighted by atomic mass is 19.3. The van der Waals surface area contributed by atoms with Crippen LogP contribution in [0.5, 0.6) is 0 Å². The fraction of sp³-hybridized carbons (Fsp3) is 0.650. The summed E-state index contributed by atoms with van der Waals surface area (Å²) in [4.78, 5) is 17.8. The van der Waals surface area contributed by atoms with Crippen molar-refractivity contribution in [2.75, 3.05) is 13.7 Å². The largest absolute Gasteiger partial charge is 0.382 e. The molecule has 2 amide bonds. The summed E-state index contributed by atoms with van der Waals surface area (Å²) in [5.41, 5.74) is 1.27.